The lowest BCUT2D eigenvalue weighted by Gasteiger charge is -2.30. The molecule has 1 heterocycles. The average Bonchev–Trinajstić information content (AvgIpc) is 2.54. The maximum absolute atomic E-state index is 4.43. The molecule has 1 aromatic rings. The maximum atomic E-state index is 4.43. The predicted octanol–water partition coefficient (Wildman–Crippen LogP) is 3.52. The van der Waals surface area contributed by atoms with E-state index in [9.17, 15) is 0 Å². The Morgan fingerprint density at radius 1 is 1.31 bits per heavy atom. The Balaban J connectivity index is 2.22. The van der Waals surface area contributed by atoms with Gasteiger partial charge >= 0.3 is 0 Å². The van der Waals surface area contributed by atoms with Crippen molar-refractivity contribution in [2.75, 3.05) is 0 Å². The molecule has 1 saturated carbocycles. The van der Waals surface area contributed by atoms with Crippen molar-refractivity contribution in [3.8, 4) is 0 Å². The lowest BCUT2D eigenvalue weighted by molar-refractivity contribution is 0.318. The Kier molecular flexibility index (Phi) is 2.70. The van der Waals surface area contributed by atoms with Gasteiger partial charge < -0.3 is 0 Å². The van der Waals surface area contributed by atoms with Crippen LogP contribution < -0.4 is 0 Å². The number of halogens is 1. The maximum Gasteiger partial charge on any atom is 0.209 e. The van der Waals surface area contributed by atoms with Gasteiger partial charge in [0.2, 0.25) is 4.73 Å². The SMILES string of the molecule is CC1(c2nc(Br)ns2)CCCCC1. The van der Waals surface area contributed by atoms with Crippen molar-refractivity contribution in [2.24, 2.45) is 0 Å². The van der Waals surface area contributed by atoms with Crippen LogP contribution in [0.25, 0.3) is 0 Å². The van der Waals surface area contributed by atoms with Gasteiger partial charge in [0.15, 0.2) is 0 Å². The molecular formula is C9H13BrN2S. The van der Waals surface area contributed by atoms with Gasteiger partial charge in [-0.1, -0.05) is 26.2 Å². The third-order valence-electron chi connectivity index (χ3n) is 2.87. The molecule has 13 heavy (non-hydrogen) atoms. The Hall–Kier alpha value is 0.0400. The summed E-state index contributed by atoms with van der Waals surface area (Å²) in [6.45, 7) is 2.32. The fourth-order valence-corrected chi connectivity index (χ4v) is 3.26. The zero-order valence-corrected chi connectivity index (χ0v) is 10.1. The molecule has 1 aromatic heterocycles. The number of hydrogen-bond acceptors (Lipinski definition) is 3. The largest absolute Gasteiger partial charge is 0.213 e. The molecule has 0 amide bonds. The molecule has 2 rings (SSSR count). The van der Waals surface area contributed by atoms with E-state index < -0.39 is 0 Å². The van der Waals surface area contributed by atoms with Crippen molar-refractivity contribution in [1.82, 2.24) is 9.36 Å². The quantitative estimate of drug-likeness (QED) is 0.773. The highest BCUT2D eigenvalue weighted by Gasteiger charge is 2.31. The van der Waals surface area contributed by atoms with Gasteiger partial charge in [-0.3, -0.25) is 0 Å². The van der Waals surface area contributed by atoms with Gasteiger partial charge in [-0.2, -0.15) is 4.37 Å². The highest BCUT2D eigenvalue weighted by molar-refractivity contribution is 9.10. The Bertz CT molecular complexity index is 292. The minimum atomic E-state index is 0.307. The number of hydrogen-bond donors (Lipinski definition) is 0. The third-order valence-corrected chi connectivity index (χ3v) is 4.49. The van der Waals surface area contributed by atoms with Gasteiger partial charge in [0.1, 0.15) is 5.01 Å². The van der Waals surface area contributed by atoms with Crippen molar-refractivity contribution < 1.29 is 0 Å². The summed E-state index contributed by atoms with van der Waals surface area (Å²) in [7, 11) is 0. The lowest BCUT2D eigenvalue weighted by atomic mass is 9.76. The topological polar surface area (TPSA) is 25.8 Å². The zero-order valence-electron chi connectivity index (χ0n) is 7.72. The van der Waals surface area contributed by atoms with Crippen LogP contribution in [0, 0.1) is 0 Å². The first kappa shape index (κ1) is 9.59. The van der Waals surface area contributed by atoms with Gasteiger partial charge in [-0.05, 0) is 40.3 Å². The smallest absolute Gasteiger partial charge is 0.209 e. The molecule has 0 saturated heterocycles. The monoisotopic (exact) mass is 260 g/mol. The molecule has 0 spiro atoms. The molecule has 4 heteroatoms. The third kappa shape index (κ3) is 1.94. The minimum Gasteiger partial charge on any atom is -0.213 e. The summed E-state index contributed by atoms with van der Waals surface area (Å²) < 4.78 is 4.93. The van der Waals surface area contributed by atoms with Crippen LogP contribution in [-0.4, -0.2) is 9.36 Å². The van der Waals surface area contributed by atoms with E-state index in [0.29, 0.717) is 5.41 Å². The van der Waals surface area contributed by atoms with Crippen molar-refractivity contribution >= 4 is 27.5 Å². The minimum absolute atomic E-state index is 0.307. The van der Waals surface area contributed by atoms with Gasteiger partial charge in [0, 0.05) is 5.41 Å². The van der Waals surface area contributed by atoms with Gasteiger partial charge in [-0.25, -0.2) is 4.98 Å². The van der Waals surface area contributed by atoms with Crippen molar-refractivity contribution in [3.63, 3.8) is 0 Å². The first-order chi connectivity index (χ1) is 6.21. The standard InChI is InChI=1S/C9H13BrN2S/c1-9(5-3-2-4-6-9)7-11-8(10)12-13-7/h2-6H2,1H3. The van der Waals surface area contributed by atoms with Crippen LogP contribution in [-0.2, 0) is 5.41 Å². The van der Waals surface area contributed by atoms with Crippen molar-refractivity contribution in [3.05, 3.63) is 9.74 Å². The average molecular weight is 261 g/mol. The summed E-state index contributed by atoms with van der Waals surface area (Å²) in [4.78, 5) is 4.43. The molecule has 1 fully saturated rings. The molecule has 0 aliphatic heterocycles. The lowest BCUT2D eigenvalue weighted by Crippen LogP contribution is -2.24. The van der Waals surface area contributed by atoms with E-state index in [4.69, 9.17) is 0 Å². The second-order valence-electron chi connectivity index (χ2n) is 3.99. The second kappa shape index (κ2) is 3.65. The van der Waals surface area contributed by atoms with Crippen LogP contribution in [0.5, 0.6) is 0 Å². The molecule has 0 unspecified atom stereocenters. The molecule has 2 nitrogen and oxygen atoms in total. The van der Waals surface area contributed by atoms with E-state index in [1.807, 2.05) is 0 Å². The number of nitrogens with zero attached hydrogens (tertiary/aromatic N) is 2. The van der Waals surface area contributed by atoms with Gasteiger partial charge in [0.05, 0.1) is 0 Å². The first-order valence-corrected chi connectivity index (χ1v) is 6.27. The predicted molar refractivity (Wildman–Crippen MR) is 58.0 cm³/mol. The molecule has 72 valence electrons. The van der Waals surface area contributed by atoms with E-state index in [1.165, 1.54) is 37.1 Å². The van der Waals surface area contributed by atoms with Crippen LogP contribution in [0.2, 0.25) is 0 Å². The summed E-state index contributed by atoms with van der Waals surface area (Å²) in [5.74, 6) is 0. The summed E-state index contributed by atoms with van der Waals surface area (Å²) in [6, 6.07) is 0. The summed E-state index contributed by atoms with van der Waals surface area (Å²) >= 11 is 4.86. The van der Waals surface area contributed by atoms with E-state index in [2.05, 4.69) is 32.2 Å². The van der Waals surface area contributed by atoms with Crippen molar-refractivity contribution in [1.29, 1.82) is 0 Å². The fourth-order valence-electron chi connectivity index (χ4n) is 2.00. The van der Waals surface area contributed by atoms with Crippen molar-refractivity contribution in [2.45, 2.75) is 44.4 Å². The molecular weight excluding hydrogens is 248 g/mol. The Morgan fingerprint density at radius 3 is 2.54 bits per heavy atom. The molecule has 0 N–H and O–H groups in total. The van der Waals surface area contributed by atoms with E-state index in [-0.39, 0.29) is 0 Å². The van der Waals surface area contributed by atoms with Crippen LogP contribution in [0.1, 0.15) is 44.0 Å². The van der Waals surface area contributed by atoms with Crippen LogP contribution >= 0.6 is 27.5 Å². The van der Waals surface area contributed by atoms with Gasteiger partial charge in [-0.15, -0.1) is 0 Å². The summed E-state index contributed by atoms with van der Waals surface area (Å²) in [5.41, 5.74) is 0.307. The highest BCUT2D eigenvalue weighted by atomic mass is 79.9. The first-order valence-electron chi connectivity index (χ1n) is 4.70. The molecule has 0 aromatic carbocycles. The number of rotatable bonds is 1. The van der Waals surface area contributed by atoms with Crippen LogP contribution in [0.3, 0.4) is 0 Å². The van der Waals surface area contributed by atoms with Crippen LogP contribution in [0.15, 0.2) is 4.73 Å². The molecule has 1 aliphatic carbocycles. The molecule has 0 radical (unpaired) electrons. The normalized spacial score (nSPS) is 21.7. The number of aromatic nitrogens is 2. The second-order valence-corrected chi connectivity index (χ2v) is 5.45. The molecule has 0 atom stereocenters. The van der Waals surface area contributed by atoms with Crippen LogP contribution in [0.4, 0.5) is 0 Å². The highest BCUT2D eigenvalue weighted by Crippen LogP contribution is 2.39. The summed E-state index contributed by atoms with van der Waals surface area (Å²) in [6.07, 6.45) is 6.61. The van der Waals surface area contributed by atoms with E-state index in [0.717, 1.165) is 4.73 Å². The molecule has 0 bridgehead atoms. The Morgan fingerprint density at radius 2 is 2.00 bits per heavy atom. The fraction of sp³-hybridized carbons (Fsp3) is 0.778. The van der Waals surface area contributed by atoms with E-state index in [1.54, 1.807) is 11.5 Å². The molecule has 1 aliphatic rings. The zero-order chi connectivity index (χ0) is 9.31. The van der Waals surface area contributed by atoms with E-state index >= 15 is 0 Å². The summed E-state index contributed by atoms with van der Waals surface area (Å²) in [5, 5.41) is 1.21. The van der Waals surface area contributed by atoms with Gasteiger partial charge in [0.25, 0.3) is 0 Å². The Labute approximate surface area is 91.1 Å².